The van der Waals surface area contributed by atoms with Crippen molar-refractivity contribution in [1.29, 1.82) is 0 Å². The van der Waals surface area contributed by atoms with Gasteiger partial charge in [0, 0.05) is 18.4 Å². The number of halogens is 4. The Bertz CT molecular complexity index is 815. The third-order valence-electron chi connectivity index (χ3n) is 3.15. The molecule has 0 aliphatic carbocycles. The zero-order valence-corrected chi connectivity index (χ0v) is 12.3. The van der Waals surface area contributed by atoms with Crippen LogP contribution in [0.3, 0.4) is 0 Å². The van der Waals surface area contributed by atoms with Crippen molar-refractivity contribution < 1.29 is 8.78 Å². The molecule has 3 aromatic rings. The molecule has 21 heavy (non-hydrogen) atoms. The smallest absolute Gasteiger partial charge is 0.125 e. The van der Waals surface area contributed by atoms with Crippen LogP contribution in [0.4, 0.5) is 8.78 Å². The van der Waals surface area contributed by atoms with Gasteiger partial charge in [-0.1, -0.05) is 11.6 Å². The van der Waals surface area contributed by atoms with Crippen LogP contribution in [-0.4, -0.2) is 15.4 Å². The van der Waals surface area contributed by atoms with E-state index in [9.17, 15) is 8.78 Å². The fourth-order valence-electron chi connectivity index (χ4n) is 2.28. The van der Waals surface area contributed by atoms with Gasteiger partial charge >= 0.3 is 0 Å². The molecule has 6 heteroatoms. The van der Waals surface area contributed by atoms with Gasteiger partial charge in [-0.2, -0.15) is 0 Å². The molecular formula is C15H10Cl2F2N2. The lowest BCUT2D eigenvalue weighted by Crippen LogP contribution is -2.03. The van der Waals surface area contributed by atoms with E-state index in [4.69, 9.17) is 23.2 Å². The molecule has 0 saturated heterocycles. The maximum absolute atomic E-state index is 13.5. The fraction of sp³-hybridized carbons (Fsp3) is 0.133. The van der Waals surface area contributed by atoms with Crippen LogP contribution in [0.2, 0.25) is 5.02 Å². The number of hydrogen-bond acceptors (Lipinski definition) is 1. The Kier molecular flexibility index (Phi) is 3.83. The number of aromatic nitrogens is 2. The Morgan fingerprint density at radius 3 is 2.52 bits per heavy atom. The van der Waals surface area contributed by atoms with E-state index in [2.05, 4.69) is 4.98 Å². The van der Waals surface area contributed by atoms with Gasteiger partial charge in [-0.15, -0.1) is 11.6 Å². The van der Waals surface area contributed by atoms with Gasteiger partial charge in [-0.3, -0.25) is 4.57 Å². The molecule has 0 amide bonds. The first-order valence-corrected chi connectivity index (χ1v) is 7.19. The van der Waals surface area contributed by atoms with Crippen LogP contribution in [0, 0.1) is 11.6 Å². The van der Waals surface area contributed by atoms with E-state index in [1.54, 1.807) is 10.6 Å². The van der Waals surface area contributed by atoms with Gasteiger partial charge in [0.2, 0.25) is 0 Å². The molecule has 0 aliphatic heterocycles. The summed E-state index contributed by atoms with van der Waals surface area (Å²) in [4.78, 5) is 4.37. The average Bonchev–Trinajstić information content (AvgIpc) is 2.79. The van der Waals surface area contributed by atoms with Gasteiger partial charge in [-0.05, 0) is 30.3 Å². The normalized spacial score (nSPS) is 11.2. The zero-order valence-electron chi connectivity index (χ0n) is 10.8. The largest absolute Gasteiger partial charge is 0.295 e. The highest BCUT2D eigenvalue weighted by molar-refractivity contribution is 6.32. The lowest BCUT2D eigenvalue weighted by molar-refractivity contribution is 0.626. The predicted octanol–water partition coefficient (Wildman–Crippen LogP) is 4.74. The first-order chi connectivity index (χ1) is 10.1. The molecule has 0 N–H and O–H groups in total. The van der Waals surface area contributed by atoms with Crippen molar-refractivity contribution in [3.63, 3.8) is 0 Å². The molecule has 0 spiro atoms. The maximum Gasteiger partial charge on any atom is 0.125 e. The molecule has 0 fully saturated rings. The lowest BCUT2D eigenvalue weighted by Gasteiger charge is -2.10. The number of rotatable bonds is 3. The molecule has 2 nitrogen and oxygen atoms in total. The summed E-state index contributed by atoms with van der Waals surface area (Å²) < 4.78 is 28.6. The first-order valence-electron chi connectivity index (χ1n) is 6.28. The van der Waals surface area contributed by atoms with Crippen LogP contribution in [0.1, 0.15) is 5.82 Å². The molecule has 1 aromatic heterocycles. The summed E-state index contributed by atoms with van der Waals surface area (Å²) in [5, 5.41) is 0.385. The van der Waals surface area contributed by atoms with Crippen LogP contribution < -0.4 is 0 Å². The molecule has 0 aliphatic rings. The van der Waals surface area contributed by atoms with Crippen LogP contribution >= 0.6 is 23.2 Å². The second-order valence-electron chi connectivity index (χ2n) is 4.53. The number of benzene rings is 2. The monoisotopic (exact) mass is 326 g/mol. The van der Waals surface area contributed by atoms with E-state index in [0.717, 1.165) is 0 Å². The molecule has 0 radical (unpaired) electrons. The molecule has 108 valence electrons. The molecular weight excluding hydrogens is 317 g/mol. The number of hydrogen-bond donors (Lipinski definition) is 0. The number of aryl methyl sites for hydroxylation is 1. The van der Waals surface area contributed by atoms with Crippen molar-refractivity contribution in [2.75, 3.05) is 5.88 Å². The molecule has 0 atom stereocenters. The first kappa shape index (κ1) is 14.3. The Hall–Kier alpha value is -1.65. The van der Waals surface area contributed by atoms with Gasteiger partial charge in [0.25, 0.3) is 0 Å². The number of imidazole rings is 1. The highest BCUT2D eigenvalue weighted by atomic mass is 35.5. The Labute approximate surface area is 129 Å². The fourth-order valence-corrected chi connectivity index (χ4v) is 2.65. The molecule has 0 unspecified atom stereocenters. The van der Waals surface area contributed by atoms with Crippen molar-refractivity contribution in [2.24, 2.45) is 0 Å². The summed E-state index contributed by atoms with van der Waals surface area (Å²) in [6.07, 6.45) is 0.463. The number of fused-ring (bicyclic) bond motifs is 1. The third-order valence-corrected chi connectivity index (χ3v) is 3.66. The number of nitrogens with zero attached hydrogens (tertiary/aromatic N) is 2. The van der Waals surface area contributed by atoms with Crippen molar-refractivity contribution in [3.05, 3.63) is 58.9 Å². The Morgan fingerprint density at radius 1 is 1.05 bits per heavy atom. The zero-order chi connectivity index (χ0) is 15.0. The average molecular weight is 327 g/mol. The SMILES string of the molecule is Fc1ccc(Cl)c(-n2c(CCCl)nc3cc(F)ccc32)c1. The van der Waals surface area contributed by atoms with Crippen LogP contribution in [-0.2, 0) is 6.42 Å². The standard InChI is InChI=1S/C15H10Cl2F2N2/c16-6-5-15-20-12-7-9(18)2-4-13(12)21(15)14-8-10(19)1-3-11(14)17/h1-4,7-8H,5-6H2. The van der Waals surface area contributed by atoms with E-state index >= 15 is 0 Å². The summed E-state index contributed by atoms with van der Waals surface area (Å²) in [6, 6.07) is 8.34. The summed E-state index contributed by atoms with van der Waals surface area (Å²) in [5.41, 5.74) is 1.60. The van der Waals surface area contributed by atoms with Gasteiger partial charge in [0.1, 0.15) is 17.5 Å². The van der Waals surface area contributed by atoms with Crippen LogP contribution in [0.25, 0.3) is 16.7 Å². The molecule has 3 rings (SSSR count). The lowest BCUT2D eigenvalue weighted by atomic mass is 10.2. The Balaban J connectivity index is 2.33. The van der Waals surface area contributed by atoms with E-state index in [1.807, 2.05) is 0 Å². The van der Waals surface area contributed by atoms with Crippen molar-refractivity contribution in [2.45, 2.75) is 6.42 Å². The summed E-state index contributed by atoms with van der Waals surface area (Å²) in [6.45, 7) is 0. The second kappa shape index (κ2) is 5.62. The topological polar surface area (TPSA) is 17.8 Å². The van der Waals surface area contributed by atoms with Crippen molar-refractivity contribution in [1.82, 2.24) is 9.55 Å². The van der Waals surface area contributed by atoms with Gasteiger partial charge in [0.05, 0.1) is 21.7 Å². The van der Waals surface area contributed by atoms with E-state index < -0.39 is 5.82 Å². The van der Waals surface area contributed by atoms with Gasteiger partial charge < -0.3 is 0 Å². The van der Waals surface area contributed by atoms with E-state index in [1.165, 1.54) is 30.3 Å². The molecule has 0 bridgehead atoms. The van der Waals surface area contributed by atoms with Crippen LogP contribution in [0.15, 0.2) is 36.4 Å². The quantitative estimate of drug-likeness (QED) is 0.636. The summed E-state index contributed by atoms with van der Waals surface area (Å²) in [5.74, 6) is 0.168. The second-order valence-corrected chi connectivity index (χ2v) is 5.32. The minimum absolute atomic E-state index is 0.346. The summed E-state index contributed by atoms with van der Waals surface area (Å²) >= 11 is 12.0. The minimum atomic E-state index is -0.407. The summed E-state index contributed by atoms with van der Waals surface area (Å²) in [7, 11) is 0. The molecule has 2 aromatic carbocycles. The highest BCUT2D eigenvalue weighted by Gasteiger charge is 2.15. The van der Waals surface area contributed by atoms with Gasteiger partial charge in [-0.25, -0.2) is 13.8 Å². The van der Waals surface area contributed by atoms with E-state index in [-0.39, 0.29) is 5.82 Å². The predicted molar refractivity (Wildman–Crippen MR) is 80.4 cm³/mol. The third kappa shape index (κ3) is 2.61. The highest BCUT2D eigenvalue weighted by Crippen LogP contribution is 2.28. The molecule has 0 saturated carbocycles. The van der Waals surface area contributed by atoms with Crippen molar-refractivity contribution in [3.8, 4) is 5.69 Å². The molecule has 1 heterocycles. The minimum Gasteiger partial charge on any atom is -0.295 e. The van der Waals surface area contributed by atoms with E-state index in [0.29, 0.717) is 39.9 Å². The van der Waals surface area contributed by atoms with Gasteiger partial charge in [0.15, 0.2) is 0 Å². The maximum atomic E-state index is 13.5. The van der Waals surface area contributed by atoms with Crippen molar-refractivity contribution >= 4 is 34.2 Å². The number of alkyl halides is 1. The van der Waals surface area contributed by atoms with Crippen LogP contribution in [0.5, 0.6) is 0 Å². The Morgan fingerprint density at radius 2 is 1.76 bits per heavy atom.